The molecule has 5 nitrogen and oxygen atoms in total. The molecule has 16 heavy (non-hydrogen) atoms. The number of nitro benzene ring substituents is 1. The van der Waals surface area contributed by atoms with E-state index in [4.69, 9.17) is 0 Å². The summed E-state index contributed by atoms with van der Waals surface area (Å²) in [6, 6.07) is 3.53. The zero-order chi connectivity index (χ0) is 11.7. The largest absolute Gasteiger partial charge is 0.346 e. The monoisotopic (exact) mass is 224 g/mol. The number of non-ortho nitro benzene ring substituents is 1. The standard InChI is InChI=1S/C10H9FN2O3/c11-5-7-3-6-1-2-8(13(15)16)4-9(6)10(14)12-7/h1-2,4,7H,3,5H2,(H,12,14)/t7-/m1/s1. The van der Waals surface area contributed by atoms with E-state index in [0.29, 0.717) is 12.0 Å². The van der Waals surface area contributed by atoms with Crippen molar-refractivity contribution in [3.05, 3.63) is 39.4 Å². The first-order valence-corrected chi connectivity index (χ1v) is 4.76. The zero-order valence-electron chi connectivity index (χ0n) is 8.27. The molecule has 1 aromatic rings. The summed E-state index contributed by atoms with van der Waals surface area (Å²) in [5.74, 6) is -0.451. The van der Waals surface area contributed by atoms with Crippen LogP contribution < -0.4 is 5.32 Å². The molecule has 1 aliphatic heterocycles. The van der Waals surface area contributed by atoms with Crippen molar-refractivity contribution < 1.29 is 14.1 Å². The number of benzene rings is 1. The molecule has 84 valence electrons. The zero-order valence-corrected chi connectivity index (χ0v) is 8.27. The second-order valence-corrected chi connectivity index (χ2v) is 3.63. The predicted octanol–water partition coefficient (Wildman–Crippen LogP) is 1.22. The third kappa shape index (κ3) is 1.73. The molecule has 1 N–H and O–H groups in total. The van der Waals surface area contributed by atoms with Crippen LogP contribution in [-0.4, -0.2) is 23.5 Å². The number of rotatable bonds is 2. The van der Waals surface area contributed by atoms with Crippen LogP contribution >= 0.6 is 0 Å². The minimum atomic E-state index is -0.637. The van der Waals surface area contributed by atoms with Crippen LogP contribution in [0.15, 0.2) is 18.2 Å². The van der Waals surface area contributed by atoms with Crippen LogP contribution in [0.2, 0.25) is 0 Å². The molecule has 0 aromatic heterocycles. The molecule has 0 aliphatic carbocycles. The number of carbonyl (C=O) groups excluding carboxylic acids is 1. The van der Waals surface area contributed by atoms with Gasteiger partial charge < -0.3 is 5.32 Å². The van der Waals surface area contributed by atoms with Crippen molar-refractivity contribution in [2.75, 3.05) is 6.67 Å². The average molecular weight is 224 g/mol. The highest BCUT2D eigenvalue weighted by atomic mass is 19.1. The van der Waals surface area contributed by atoms with Gasteiger partial charge >= 0.3 is 0 Å². The summed E-state index contributed by atoms with van der Waals surface area (Å²) in [4.78, 5) is 21.5. The molecule has 1 aliphatic rings. The Bertz CT molecular complexity index is 461. The van der Waals surface area contributed by atoms with E-state index in [9.17, 15) is 19.3 Å². The van der Waals surface area contributed by atoms with Crippen LogP contribution in [0.1, 0.15) is 15.9 Å². The van der Waals surface area contributed by atoms with Crippen molar-refractivity contribution in [1.29, 1.82) is 0 Å². The molecule has 1 heterocycles. The number of alkyl halides is 1. The van der Waals surface area contributed by atoms with E-state index in [1.807, 2.05) is 0 Å². The maximum absolute atomic E-state index is 12.4. The number of nitrogens with zero attached hydrogens (tertiary/aromatic N) is 1. The molecular weight excluding hydrogens is 215 g/mol. The predicted molar refractivity (Wildman–Crippen MR) is 54.0 cm³/mol. The molecule has 6 heteroatoms. The number of hydrogen-bond acceptors (Lipinski definition) is 3. The Kier molecular flexibility index (Phi) is 2.55. The molecule has 0 spiro atoms. The molecule has 2 rings (SSSR count). The Morgan fingerprint density at radius 2 is 2.31 bits per heavy atom. The first-order valence-electron chi connectivity index (χ1n) is 4.76. The van der Waals surface area contributed by atoms with Crippen LogP contribution in [0.5, 0.6) is 0 Å². The van der Waals surface area contributed by atoms with Gasteiger partial charge in [0.15, 0.2) is 0 Å². The Morgan fingerprint density at radius 3 is 2.94 bits per heavy atom. The lowest BCUT2D eigenvalue weighted by molar-refractivity contribution is -0.384. The Balaban J connectivity index is 2.41. The Morgan fingerprint density at radius 1 is 1.56 bits per heavy atom. The average Bonchev–Trinajstić information content (AvgIpc) is 2.28. The SMILES string of the molecule is O=C1N[C@@H](CF)Cc2ccc([N+](=O)[O-])cc21. The van der Waals surface area contributed by atoms with Crippen molar-refractivity contribution in [3.63, 3.8) is 0 Å². The smallest absolute Gasteiger partial charge is 0.270 e. The number of amides is 1. The molecule has 1 atom stereocenters. The fourth-order valence-corrected chi connectivity index (χ4v) is 1.74. The summed E-state index contributed by atoms with van der Waals surface area (Å²) < 4.78 is 12.4. The van der Waals surface area contributed by atoms with Crippen molar-refractivity contribution in [3.8, 4) is 0 Å². The lowest BCUT2D eigenvalue weighted by Gasteiger charge is -2.22. The van der Waals surface area contributed by atoms with Gasteiger partial charge in [0.25, 0.3) is 11.6 Å². The van der Waals surface area contributed by atoms with Crippen LogP contribution in [0.4, 0.5) is 10.1 Å². The highest BCUT2D eigenvalue weighted by Gasteiger charge is 2.25. The van der Waals surface area contributed by atoms with E-state index in [1.54, 1.807) is 0 Å². The molecule has 0 saturated carbocycles. The van der Waals surface area contributed by atoms with Gasteiger partial charge in [-0.05, 0) is 12.0 Å². The van der Waals surface area contributed by atoms with Gasteiger partial charge in [-0.25, -0.2) is 4.39 Å². The number of halogens is 1. The summed E-state index contributed by atoms with van der Waals surface area (Å²) in [6.45, 7) is -0.637. The van der Waals surface area contributed by atoms with Crippen LogP contribution in [0, 0.1) is 10.1 Å². The van der Waals surface area contributed by atoms with Crippen LogP contribution in [0.25, 0.3) is 0 Å². The van der Waals surface area contributed by atoms with Gasteiger partial charge in [0.05, 0.1) is 11.0 Å². The van der Waals surface area contributed by atoms with Crippen molar-refractivity contribution in [1.82, 2.24) is 5.32 Å². The highest BCUT2D eigenvalue weighted by Crippen LogP contribution is 2.22. The molecule has 1 aromatic carbocycles. The topological polar surface area (TPSA) is 72.2 Å². The fourth-order valence-electron chi connectivity index (χ4n) is 1.74. The van der Waals surface area contributed by atoms with Crippen LogP contribution in [0.3, 0.4) is 0 Å². The van der Waals surface area contributed by atoms with Crippen LogP contribution in [-0.2, 0) is 6.42 Å². The second kappa shape index (κ2) is 3.88. The molecule has 0 radical (unpaired) electrons. The van der Waals surface area contributed by atoms with Gasteiger partial charge in [-0.3, -0.25) is 14.9 Å². The summed E-state index contributed by atoms with van der Waals surface area (Å²) in [5, 5.41) is 13.0. The number of carbonyl (C=O) groups is 1. The van der Waals surface area contributed by atoms with Gasteiger partial charge in [0, 0.05) is 17.7 Å². The fraction of sp³-hybridized carbons (Fsp3) is 0.300. The van der Waals surface area contributed by atoms with Crippen molar-refractivity contribution in [2.24, 2.45) is 0 Å². The van der Waals surface area contributed by atoms with E-state index in [0.717, 1.165) is 0 Å². The molecule has 0 fully saturated rings. The highest BCUT2D eigenvalue weighted by molar-refractivity contribution is 5.97. The molecular formula is C10H9FN2O3. The summed E-state index contributed by atoms with van der Waals surface area (Å²) in [7, 11) is 0. The van der Waals surface area contributed by atoms with Gasteiger partial charge in [0.2, 0.25) is 0 Å². The number of nitrogens with one attached hydrogen (secondary N) is 1. The van der Waals surface area contributed by atoms with E-state index in [1.165, 1.54) is 18.2 Å². The van der Waals surface area contributed by atoms with Gasteiger partial charge in [0.1, 0.15) is 6.67 Å². The summed E-state index contributed by atoms with van der Waals surface area (Å²) in [6.07, 6.45) is 0.371. The quantitative estimate of drug-likeness (QED) is 0.606. The summed E-state index contributed by atoms with van der Waals surface area (Å²) in [5.41, 5.74) is 0.781. The molecule has 1 amide bonds. The number of fused-ring (bicyclic) bond motifs is 1. The molecule has 0 bridgehead atoms. The van der Waals surface area contributed by atoms with Gasteiger partial charge in [-0.1, -0.05) is 6.07 Å². The maximum atomic E-state index is 12.4. The van der Waals surface area contributed by atoms with Gasteiger partial charge in [-0.15, -0.1) is 0 Å². The maximum Gasteiger partial charge on any atom is 0.270 e. The molecule has 0 saturated heterocycles. The minimum Gasteiger partial charge on any atom is -0.346 e. The summed E-state index contributed by atoms with van der Waals surface area (Å²) >= 11 is 0. The van der Waals surface area contributed by atoms with E-state index >= 15 is 0 Å². The first kappa shape index (κ1) is 10.5. The van der Waals surface area contributed by atoms with Gasteiger partial charge in [-0.2, -0.15) is 0 Å². The lowest BCUT2D eigenvalue weighted by atomic mass is 9.95. The van der Waals surface area contributed by atoms with E-state index in [-0.39, 0.29) is 11.3 Å². The lowest BCUT2D eigenvalue weighted by Crippen LogP contribution is -2.42. The third-order valence-electron chi connectivity index (χ3n) is 2.54. The van der Waals surface area contributed by atoms with Crippen molar-refractivity contribution >= 4 is 11.6 Å². The normalized spacial score (nSPS) is 18.8. The second-order valence-electron chi connectivity index (χ2n) is 3.63. The number of nitro groups is 1. The Hall–Kier alpha value is -1.98. The molecule has 0 unspecified atom stereocenters. The van der Waals surface area contributed by atoms with E-state index < -0.39 is 23.5 Å². The Labute approximate surface area is 90.4 Å². The first-order chi connectivity index (χ1) is 7.61. The van der Waals surface area contributed by atoms with Crippen molar-refractivity contribution in [2.45, 2.75) is 12.5 Å². The minimum absolute atomic E-state index is 0.132. The third-order valence-corrected chi connectivity index (χ3v) is 2.54. The van der Waals surface area contributed by atoms with E-state index in [2.05, 4.69) is 5.32 Å². The number of hydrogen-bond donors (Lipinski definition) is 1.